The Labute approximate surface area is 81.3 Å². The van der Waals surface area contributed by atoms with Gasteiger partial charge in [0.05, 0.1) is 0 Å². The van der Waals surface area contributed by atoms with Crippen LogP contribution in [0.25, 0.3) is 0 Å². The summed E-state index contributed by atoms with van der Waals surface area (Å²) in [6.07, 6.45) is 2.54. The van der Waals surface area contributed by atoms with E-state index in [1.165, 1.54) is 0 Å². The summed E-state index contributed by atoms with van der Waals surface area (Å²) in [5.41, 5.74) is 5.36. The summed E-state index contributed by atoms with van der Waals surface area (Å²) in [4.78, 5) is 13.2. The van der Waals surface area contributed by atoms with Crippen LogP contribution < -0.4 is 5.73 Å². The lowest BCUT2D eigenvalue weighted by Crippen LogP contribution is -2.28. The highest BCUT2D eigenvalue weighted by atomic mass is 16.2. The van der Waals surface area contributed by atoms with Crippen molar-refractivity contribution in [3.8, 4) is 0 Å². The van der Waals surface area contributed by atoms with Gasteiger partial charge in [0, 0.05) is 20.0 Å². The minimum absolute atomic E-state index is 0.238. The highest BCUT2D eigenvalue weighted by Crippen LogP contribution is 2.05. The molecule has 0 saturated heterocycles. The van der Waals surface area contributed by atoms with E-state index < -0.39 is 0 Å². The normalized spacial score (nSPS) is 10.5. The molecule has 0 atom stereocenters. The van der Waals surface area contributed by atoms with Crippen LogP contribution in [0.2, 0.25) is 0 Å². The smallest absolute Gasteiger partial charge is 0.222 e. The van der Waals surface area contributed by atoms with E-state index in [9.17, 15) is 4.79 Å². The van der Waals surface area contributed by atoms with Gasteiger partial charge in [-0.3, -0.25) is 4.79 Å². The third-order valence-electron chi connectivity index (χ3n) is 2.06. The average Bonchev–Trinajstić information content (AvgIpc) is 2.10. The largest absolute Gasteiger partial charge is 0.346 e. The first kappa shape index (κ1) is 12.4. The van der Waals surface area contributed by atoms with Crippen LogP contribution in [-0.2, 0) is 4.79 Å². The van der Waals surface area contributed by atoms with Gasteiger partial charge in [-0.25, -0.2) is 0 Å². The molecule has 0 radical (unpaired) electrons. The molecule has 0 saturated carbocycles. The molecule has 0 unspecified atom stereocenters. The molecule has 0 aliphatic rings. The summed E-state index contributed by atoms with van der Waals surface area (Å²) in [5, 5.41) is 0. The second-order valence-electron chi connectivity index (χ2n) is 3.89. The third kappa shape index (κ3) is 6.58. The summed E-state index contributed by atoms with van der Waals surface area (Å²) >= 11 is 0. The zero-order chi connectivity index (χ0) is 10.3. The number of amides is 1. The Balaban J connectivity index is 3.57. The van der Waals surface area contributed by atoms with Crippen LogP contribution in [0.5, 0.6) is 0 Å². The van der Waals surface area contributed by atoms with E-state index in [1.807, 2.05) is 7.05 Å². The summed E-state index contributed by atoms with van der Waals surface area (Å²) in [5.74, 6) is 0.842. The Morgan fingerprint density at radius 3 is 2.54 bits per heavy atom. The van der Waals surface area contributed by atoms with Crippen molar-refractivity contribution in [3.05, 3.63) is 0 Å². The molecule has 3 heteroatoms. The number of rotatable bonds is 6. The van der Waals surface area contributed by atoms with Crippen molar-refractivity contribution in [1.82, 2.24) is 4.90 Å². The molecule has 0 bridgehead atoms. The lowest BCUT2D eigenvalue weighted by Gasteiger charge is -2.17. The quantitative estimate of drug-likeness (QED) is 0.678. The van der Waals surface area contributed by atoms with E-state index in [2.05, 4.69) is 13.8 Å². The molecule has 3 nitrogen and oxygen atoms in total. The minimum atomic E-state index is 0.238. The number of carbonyl (C=O) groups excluding carboxylic acids is 1. The second-order valence-corrected chi connectivity index (χ2v) is 3.89. The molecule has 0 aliphatic carbocycles. The molecule has 0 spiro atoms. The molecular weight excluding hydrogens is 164 g/mol. The molecular formula is C10H22N2O. The van der Waals surface area contributed by atoms with Crippen molar-refractivity contribution in [2.75, 3.05) is 20.1 Å². The van der Waals surface area contributed by atoms with Crippen molar-refractivity contribution in [1.29, 1.82) is 0 Å². The Morgan fingerprint density at radius 1 is 1.46 bits per heavy atom. The first-order chi connectivity index (χ1) is 6.07. The standard InChI is InChI=1S/C10H22N2O/c1-9(2)5-6-10(13)12(3)8-4-7-11/h9H,4-8,11H2,1-3H3. The predicted molar refractivity (Wildman–Crippen MR) is 55.4 cm³/mol. The van der Waals surface area contributed by atoms with Crippen LogP contribution in [0.15, 0.2) is 0 Å². The number of nitrogens with zero attached hydrogens (tertiary/aromatic N) is 1. The molecule has 78 valence electrons. The number of carbonyl (C=O) groups is 1. The van der Waals surface area contributed by atoms with Gasteiger partial charge < -0.3 is 10.6 Å². The fourth-order valence-corrected chi connectivity index (χ4v) is 1.06. The lowest BCUT2D eigenvalue weighted by molar-refractivity contribution is -0.130. The van der Waals surface area contributed by atoms with Crippen LogP contribution in [0.4, 0.5) is 0 Å². The van der Waals surface area contributed by atoms with E-state index >= 15 is 0 Å². The highest BCUT2D eigenvalue weighted by molar-refractivity contribution is 5.75. The summed E-state index contributed by atoms with van der Waals surface area (Å²) in [6.45, 7) is 5.70. The Kier molecular flexibility index (Phi) is 6.59. The lowest BCUT2D eigenvalue weighted by atomic mass is 10.1. The van der Waals surface area contributed by atoms with E-state index in [4.69, 9.17) is 5.73 Å². The molecule has 0 heterocycles. The van der Waals surface area contributed by atoms with Gasteiger partial charge >= 0.3 is 0 Å². The first-order valence-corrected chi connectivity index (χ1v) is 5.02. The highest BCUT2D eigenvalue weighted by Gasteiger charge is 2.08. The first-order valence-electron chi connectivity index (χ1n) is 5.02. The summed E-state index contributed by atoms with van der Waals surface area (Å²) in [7, 11) is 1.85. The summed E-state index contributed by atoms with van der Waals surface area (Å²) < 4.78 is 0. The number of hydrogen-bond donors (Lipinski definition) is 1. The van der Waals surface area contributed by atoms with E-state index in [0.29, 0.717) is 18.9 Å². The van der Waals surface area contributed by atoms with Crippen LogP contribution >= 0.6 is 0 Å². The van der Waals surface area contributed by atoms with Gasteiger partial charge in [0.2, 0.25) is 5.91 Å². The Hall–Kier alpha value is -0.570. The van der Waals surface area contributed by atoms with Crippen molar-refractivity contribution >= 4 is 5.91 Å². The summed E-state index contributed by atoms with van der Waals surface area (Å²) in [6, 6.07) is 0. The fourth-order valence-electron chi connectivity index (χ4n) is 1.06. The van der Waals surface area contributed by atoms with Gasteiger partial charge in [-0.15, -0.1) is 0 Å². The van der Waals surface area contributed by atoms with Crippen molar-refractivity contribution in [2.45, 2.75) is 33.1 Å². The third-order valence-corrected chi connectivity index (χ3v) is 2.06. The SMILES string of the molecule is CC(C)CCC(=O)N(C)CCCN. The molecule has 0 aromatic carbocycles. The average molecular weight is 186 g/mol. The van der Waals surface area contributed by atoms with Crippen LogP contribution in [0.3, 0.4) is 0 Å². The van der Waals surface area contributed by atoms with E-state index in [0.717, 1.165) is 19.4 Å². The molecule has 0 rings (SSSR count). The van der Waals surface area contributed by atoms with Crippen LogP contribution in [-0.4, -0.2) is 30.9 Å². The van der Waals surface area contributed by atoms with Gasteiger partial charge in [-0.1, -0.05) is 13.8 Å². The topological polar surface area (TPSA) is 46.3 Å². The maximum absolute atomic E-state index is 11.4. The van der Waals surface area contributed by atoms with Gasteiger partial charge in [0.15, 0.2) is 0 Å². The second kappa shape index (κ2) is 6.89. The fraction of sp³-hybridized carbons (Fsp3) is 0.900. The zero-order valence-corrected chi connectivity index (χ0v) is 9.05. The van der Waals surface area contributed by atoms with Crippen LogP contribution in [0.1, 0.15) is 33.1 Å². The van der Waals surface area contributed by atoms with E-state index in [1.54, 1.807) is 4.90 Å². The van der Waals surface area contributed by atoms with Crippen molar-refractivity contribution in [2.24, 2.45) is 11.7 Å². The van der Waals surface area contributed by atoms with Gasteiger partial charge in [-0.2, -0.15) is 0 Å². The van der Waals surface area contributed by atoms with E-state index in [-0.39, 0.29) is 5.91 Å². The molecule has 13 heavy (non-hydrogen) atoms. The maximum atomic E-state index is 11.4. The molecule has 1 amide bonds. The molecule has 0 fully saturated rings. The zero-order valence-electron chi connectivity index (χ0n) is 9.05. The Bertz CT molecular complexity index is 146. The van der Waals surface area contributed by atoms with Gasteiger partial charge in [0.25, 0.3) is 0 Å². The molecule has 0 aliphatic heterocycles. The van der Waals surface area contributed by atoms with Gasteiger partial charge in [0.1, 0.15) is 0 Å². The molecule has 0 aromatic heterocycles. The molecule has 2 N–H and O–H groups in total. The maximum Gasteiger partial charge on any atom is 0.222 e. The number of hydrogen-bond acceptors (Lipinski definition) is 2. The van der Waals surface area contributed by atoms with Gasteiger partial charge in [-0.05, 0) is 25.3 Å². The Morgan fingerprint density at radius 2 is 2.08 bits per heavy atom. The number of nitrogens with two attached hydrogens (primary N) is 1. The molecule has 0 aromatic rings. The predicted octanol–water partition coefficient (Wildman–Crippen LogP) is 1.23. The minimum Gasteiger partial charge on any atom is -0.346 e. The monoisotopic (exact) mass is 186 g/mol. The van der Waals surface area contributed by atoms with Crippen molar-refractivity contribution < 1.29 is 4.79 Å². The van der Waals surface area contributed by atoms with Crippen molar-refractivity contribution in [3.63, 3.8) is 0 Å². The van der Waals surface area contributed by atoms with Crippen LogP contribution in [0, 0.1) is 5.92 Å².